The molecule has 0 unspecified atom stereocenters. The van der Waals surface area contributed by atoms with E-state index in [4.69, 9.17) is 4.74 Å². The van der Waals surface area contributed by atoms with Gasteiger partial charge in [-0.15, -0.1) is 0 Å². The van der Waals surface area contributed by atoms with E-state index in [1.807, 2.05) is 38.1 Å². The molecule has 28 heavy (non-hydrogen) atoms. The van der Waals surface area contributed by atoms with Crippen LogP contribution in [0.4, 0.5) is 5.69 Å². The molecular formula is C22H21N3O3. The number of carbonyl (C=O) groups is 2. The van der Waals surface area contributed by atoms with Crippen LogP contribution in [0.25, 0.3) is 0 Å². The molecule has 0 saturated heterocycles. The second-order valence-electron chi connectivity index (χ2n) is 6.60. The molecule has 0 fully saturated rings. The summed E-state index contributed by atoms with van der Waals surface area (Å²) in [7, 11) is 0. The average molecular weight is 375 g/mol. The zero-order valence-electron chi connectivity index (χ0n) is 16.0. The van der Waals surface area contributed by atoms with Gasteiger partial charge in [0, 0.05) is 17.4 Å². The summed E-state index contributed by atoms with van der Waals surface area (Å²) in [5, 5.41) is 2.84. The molecule has 0 saturated carbocycles. The zero-order chi connectivity index (χ0) is 20.1. The number of hydrogen-bond donors (Lipinski definition) is 1. The third kappa shape index (κ3) is 4.79. The van der Waals surface area contributed by atoms with E-state index in [0.717, 1.165) is 11.1 Å². The van der Waals surface area contributed by atoms with Gasteiger partial charge < -0.3 is 10.1 Å². The number of amides is 1. The number of aromatic nitrogens is 2. The van der Waals surface area contributed by atoms with Gasteiger partial charge >= 0.3 is 5.97 Å². The number of esters is 1. The van der Waals surface area contributed by atoms with Crippen LogP contribution >= 0.6 is 0 Å². The van der Waals surface area contributed by atoms with Crippen molar-refractivity contribution in [2.75, 3.05) is 5.32 Å². The molecular weight excluding hydrogens is 354 g/mol. The minimum Gasteiger partial charge on any atom is -0.443 e. The van der Waals surface area contributed by atoms with Crippen LogP contribution in [0.1, 0.15) is 39.0 Å². The van der Waals surface area contributed by atoms with Crippen LogP contribution in [0.5, 0.6) is 0 Å². The van der Waals surface area contributed by atoms with Gasteiger partial charge in [-0.3, -0.25) is 9.78 Å². The number of rotatable bonds is 5. The van der Waals surface area contributed by atoms with Gasteiger partial charge in [0.25, 0.3) is 5.91 Å². The van der Waals surface area contributed by atoms with E-state index >= 15 is 0 Å². The highest BCUT2D eigenvalue weighted by Gasteiger charge is 2.26. The summed E-state index contributed by atoms with van der Waals surface area (Å²) in [5.74, 6) is -1.15. The highest BCUT2D eigenvalue weighted by Crippen LogP contribution is 2.22. The van der Waals surface area contributed by atoms with Crippen molar-refractivity contribution < 1.29 is 14.3 Å². The normalized spacial score (nSPS) is 11.5. The molecule has 1 atom stereocenters. The van der Waals surface area contributed by atoms with Crippen molar-refractivity contribution in [3.63, 3.8) is 0 Å². The first-order valence-electron chi connectivity index (χ1n) is 8.86. The van der Waals surface area contributed by atoms with Gasteiger partial charge in [-0.25, -0.2) is 9.78 Å². The Morgan fingerprint density at radius 1 is 0.929 bits per heavy atom. The standard InChI is InChI=1S/C22H21N3O3/c1-14-9-15(2)11-18(10-14)25-21(26)20(17-7-5-4-6-8-17)28-22(27)19-13-23-16(3)12-24-19/h4-13,20H,1-3H3,(H,25,26)/t20-/m0/s1. The first-order valence-corrected chi connectivity index (χ1v) is 8.86. The molecule has 3 rings (SSSR count). The number of benzene rings is 2. The van der Waals surface area contributed by atoms with Gasteiger partial charge in [0.1, 0.15) is 0 Å². The summed E-state index contributed by atoms with van der Waals surface area (Å²) >= 11 is 0. The van der Waals surface area contributed by atoms with Crippen LogP contribution < -0.4 is 5.32 Å². The van der Waals surface area contributed by atoms with Crippen molar-refractivity contribution >= 4 is 17.6 Å². The fourth-order valence-electron chi connectivity index (χ4n) is 2.82. The molecule has 6 nitrogen and oxygen atoms in total. The van der Waals surface area contributed by atoms with Crippen LogP contribution in [-0.4, -0.2) is 21.8 Å². The quantitative estimate of drug-likeness (QED) is 0.683. The molecule has 1 heterocycles. The lowest BCUT2D eigenvalue weighted by Gasteiger charge is -2.18. The van der Waals surface area contributed by atoms with Crippen LogP contribution in [0.2, 0.25) is 0 Å². The van der Waals surface area contributed by atoms with Crippen molar-refractivity contribution in [2.24, 2.45) is 0 Å². The van der Waals surface area contributed by atoms with E-state index in [2.05, 4.69) is 15.3 Å². The Bertz CT molecular complexity index is 965. The van der Waals surface area contributed by atoms with E-state index in [-0.39, 0.29) is 5.69 Å². The maximum absolute atomic E-state index is 12.9. The number of nitrogens with zero attached hydrogens (tertiary/aromatic N) is 2. The maximum atomic E-state index is 12.9. The predicted molar refractivity (Wildman–Crippen MR) is 106 cm³/mol. The van der Waals surface area contributed by atoms with E-state index in [1.54, 1.807) is 31.2 Å². The van der Waals surface area contributed by atoms with Crippen LogP contribution in [0.3, 0.4) is 0 Å². The Balaban J connectivity index is 1.85. The summed E-state index contributed by atoms with van der Waals surface area (Å²) in [6, 6.07) is 14.6. The molecule has 0 radical (unpaired) electrons. The predicted octanol–water partition coefficient (Wildman–Crippen LogP) is 3.94. The molecule has 6 heteroatoms. The number of anilines is 1. The zero-order valence-corrected chi connectivity index (χ0v) is 16.0. The lowest BCUT2D eigenvalue weighted by atomic mass is 10.1. The molecule has 0 aliphatic heterocycles. The number of nitrogens with one attached hydrogen (secondary N) is 1. The number of aryl methyl sites for hydroxylation is 3. The van der Waals surface area contributed by atoms with Gasteiger partial charge in [-0.2, -0.15) is 0 Å². The van der Waals surface area contributed by atoms with E-state index in [0.29, 0.717) is 16.9 Å². The van der Waals surface area contributed by atoms with Crippen molar-refractivity contribution in [3.05, 3.63) is 89.0 Å². The molecule has 1 N–H and O–H groups in total. The van der Waals surface area contributed by atoms with Gasteiger partial charge in [0.05, 0.1) is 11.9 Å². The molecule has 1 amide bonds. The van der Waals surface area contributed by atoms with Crippen molar-refractivity contribution in [3.8, 4) is 0 Å². The third-order valence-electron chi connectivity index (χ3n) is 4.04. The summed E-state index contributed by atoms with van der Waals surface area (Å²) in [5.41, 5.74) is 4.00. The Morgan fingerprint density at radius 2 is 1.61 bits per heavy atom. The molecule has 2 aromatic carbocycles. The Hall–Kier alpha value is -3.54. The third-order valence-corrected chi connectivity index (χ3v) is 4.04. The average Bonchev–Trinajstić information content (AvgIpc) is 2.66. The Kier molecular flexibility index (Phi) is 5.79. The van der Waals surface area contributed by atoms with Crippen molar-refractivity contribution in [1.29, 1.82) is 0 Å². The van der Waals surface area contributed by atoms with E-state index in [9.17, 15) is 9.59 Å². The highest BCUT2D eigenvalue weighted by molar-refractivity contribution is 5.97. The minimum atomic E-state index is -1.11. The molecule has 0 spiro atoms. The van der Waals surface area contributed by atoms with Crippen molar-refractivity contribution in [2.45, 2.75) is 26.9 Å². The molecule has 0 bridgehead atoms. The van der Waals surface area contributed by atoms with Gasteiger partial charge in [-0.05, 0) is 44.0 Å². The fourth-order valence-corrected chi connectivity index (χ4v) is 2.82. The SMILES string of the molecule is Cc1cc(C)cc(NC(=O)[C@@H](OC(=O)c2cnc(C)cn2)c2ccccc2)c1. The topological polar surface area (TPSA) is 81.2 Å². The largest absolute Gasteiger partial charge is 0.443 e. The van der Waals surface area contributed by atoms with Crippen LogP contribution in [0, 0.1) is 20.8 Å². The van der Waals surface area contributed by atoms with Gasteiger partial charge in [0.2, 0.25) is 6.10 Å². The Labute approximate surface area is 163 Å². The molecule has 3 aromatic rings. The number of carbonyl (C=O) groups excluding carboxylic acids is 2. The monoisotopic (exact) mass is 375 g/mol. The highest BCUT2D eigenvalue weighted by atomic mass is 16.5. The smallest absolute Gasteiger partial charge is 0.359 e. The minimum absolute atomic E-state index is 0.0470. The maximum Gasteiger partial charge on any atom is 0.359 e. The van der Waals surface area contributed by atoms with Crippen molar-refractivity contribution in [1.82, 2.24) is 9.97 Å². The van der Waals surface area contributed by atoms with Crippen LogP contribution in [0.15, 0.2) is 60.9 Å². The summed E-state index contributed by atoms with van der Waals surface area (Å²) in [6.07, 6.45) is 1.70. The second-order valence-corrected chi connectivity index (χ2v) is 6.60. The van der Waals surface area contributed by atoms with Gasteiger partial charge in [0.15, 0.2) is 5.69 Å². The molecule has 0 aliphatic carbocycles. The lowest BCUT2D eigenvalue weighted by Crippen LogP contribution is -2.26. The van der Waals surface area contributed by atoms with Gasteiger partial charge in [-0.1, -0.05) is 36.4 Å². The lowest BCUT2D eigenvalue weighted by molar-refractivity contribution is -0.125. The molecule has 1 aromatic heterocycles. The second kappa shape index (κ2) is 8.43. The van der Waals surface area contributed by atoms with E-state index in [1.165, 1.54) is 12.4 Å². The van der Waals surface area contributed by atoms with Crippen LogP contribution in [-0.2, 0) is 9.53 Å². The number of hydrogen-bond acceptors (Lipinski definition) is 5. The number of ether oxygens (including phenoxy) is 1. The summed E-state index contributed by atoms with van der Waals surface area (Å²) in [6.45, 7) is 5.67. The molecule has 142 valence electrons. The molecule has 0 aliphatic rings. The summed E-state index contributed by atoms with van der Waals surface area (Å²) < 4.78 is 5.50. The fraction of sp³-hybridized carbons (Fsp3) is 0.182. The summed E-state index contributed by atoms with van der Waals surface area (Å²) in [4.78, 5) is 33.5. The Morgan fingerprint density at radius 3 is 2.21 bits per heavy atom. The first kappa shape index (κ1) is 19.2. The first-order chi connectivity index (χ1) is 13.4. The van der Waals surface area contributed by atoms with E-state index < -0.39 is 18.0 Å².